The molecule has 0 saturated heterocycles. The zero-order valence-corrected chi connectivity index (χ0v) is 15.6. The van der Waals surface area contributed by atoms with E-state index < -0.39 is 5.97 Å². The molecule has 0 amide bonds. The SMILES string of the molecule is CC1CCC(c2ccc(Cl)cc2)=C1COc1ccc(CCC(=O)O)cc1. The molecule has 1 aliphatic rings. The summed E-state index contributed by atoms with van der Waals surface area (Å²) in [5.74, 6) is 0.545. The fourth-order valence-electron chi connectivity index (χ4n) is 3.37. The smallest absolute Gasteiger partial charge is 0.303 e. The molecule has 3 rings (SSSR count). The Bertz CT molecular complexity index is 791. The Kier molecular flexibility index (Phi) is 6.00. The van der Waals surface area contributed by atoms with Crippen molar-refractivity contribution in [1.29, 1.82) is 0 Å². The maximum atomic E-state index is 10.6. The number of ether oxygens (including phenoxy) is 1. The molecule has 0 spiro atoms. The minimum absolute atomic E-state index is 0.148. The third-order valence-corrected chi connectivity index (χ3v) is 5.20. The summed E-state index contributed by atoms with van der Waals surface area (Å²) in [7, 11) is 0. The Morgan fingerprint density at radius 1 is 1.15 bits per heavy atom. The van der Waals surface area contributed by atoms with Crippen LogP contribution in [-0.2, 0) is 11.2 Å². The standard InChI is InChI=1S/C22H23ClO3/c1-15-2-12-20(17-6-8-18(23)9-7-17)21(15)14-26-19-10-3-16(4-11-19)5-13-22(24)25/h3-4,6-11,15H,2,5,12-14H2,1H3,(H,24,25). The summed E-state index contributed by atoms with van der Waals surface area (Å²) in [5, 5.41) is 9.51. The van der Waals surface area contributed by atoms with Gasteiger partial charge in [-0.15, -0.1) is 0 Å². The molecule has 1 aliphatic carbocycles. The van der Waals surface area contributed by atoms with E-state index in [0.717, 1.165) is 29.2 Å². The largest absolute Gasteiger partial charge is 0.489 e. The van der Waals surface area contributed by atoms with Gasteiger partial charge in [0.25, 0.3) is 0 Å². The summed E-state index contributed by atoms with van der Waals surface area (Å²) in [4.78, 5) is 10.6. The average Bonchev–Trinajstić information content (AvgIpc) is 3.00. The lowest BCUT2D eigenvalue weighted by molar-refractivity contribution is -0.136. The Hall–Kier alpha value is -2.26. The molecule has 0 aliphatic heterocycles. The van der Waals surface area contributed by atoms with Crippen LogP contribution in [0.5, 0.6) is 5.75 Å². The number of allylic oxidation sites excluding steroid dienone is 1. The topological polar surface area (TPSA) is 46.5 Å². The number of carboxylic acids is 1. The van der Waals surface area contributed by atoms with Crippen LogP contribution in [0.4, 0.5) is 0 Å². The van der Waals surface area contributed by atoms with Gasteiger partial charge in [-0.05, 0) is 71.7 Å². The molecular formula is C22H23ClO3. The second-order valence-corrected chi connectivity index (χ2v) is 7.21. The van der Waals surface area contributed by atoms with Gasteiger partial charge < -0.3 is 9.84 Å². The molecule has 136 valence electrons. The van der Waals surface area contributed by atoms with Crippen molar-refractivity contribution < 1.29 is 14.6 Å². The van der Waals surface area contributed by atoms with Gasteiger partial charge in [0.1, 0.15) is 12.4 Å². The number of carbonyl (C=O) groups is 1. The van der Waals surface area contributed by atoms with Crippen LogP contribution in [0, 0.1) is 5.92 Å². The molecule has 26 heavy (non-hydrogen) atoms. The van der Waals surface area contributed by atoms with Crippen molar-refractivity contribution in [3.8, 4) is 5.75 Å². The summed E-state index contributed by atoms with van der Waals surface area (Å²) in [6.07, 6.45) is 2.90. The first-order chi connectivity index (χ1) is 12.5. The van der Waals surface area contributed by atoms with Gasteiger partial charge in [0, 0.05) is 11.4 Å². The predicted molar refractivity (Wildman–Crippen MR) is 105 cm³/mol. The quantitative estimate of drug-likeness (QED) is 0.688. The highest BCUT2D eigenvalue weighted by molar-refractivity contribution is 6.30. The average molecular weight is 371 g/mol. The Morgan fingerprint density at radius 2 is 1.85 bits per heavy atom. The number of rotatable bonds is 7. The van der Waals surface area contributed by atoms with Crippen LogP contribution in [0.1, 0.15) is 37.3 Å². The second-order valence-electron chi connectivity index (χ2n) is 6.78. The minimum Gasteiger partial charge on any atom is -0.489 e. The molecule has 0 heterocycles. The Balaban J connectivity index is 1.67. The maximum absolute atomic E-state index is 10.6. The van der Waals surface area contributed by atoms with Gasteiger partial charge in [-0.25, -0.2) is 0 Å². The van der Waals surface area contributed by atoms with E-state index in [-0.39, 0.29) is 6.42 Å². The molecular weight excluding hydrogens is 348 g/mol. The number of aliphatic carboxylic acids is 1. The van der Waals surface area contributed by atoms with Crippen molar-refractivity contribution in [2.45, 2.75) is 32.6 Å². The van der Waals surface area contributed by atoms with E-state index in [0.29, 0.717) is 18.9 Å². The molecule has 0 bridgehead atoms. The predicted octanol–water partition coefficient (Wildman–Crippen LogP) is 5.62. The van der Waals surface area contributed by atoms with Crippen molar-refractivity contribution >= 4 is 23.1 Å². The van der Waals surface area contributed by atoms with E-state index >= 15 is 0 Å². The van der Waals surface area contributed by atoms with Gasteiger partial charge >= 0.3 is 5.97 Å². The molecule has 0 fully saturated rings. The second kappa shape index (κ2) is 8.41. The van der Waals surface area contributed by atoms with Crippen LogP contribution < -0.4 is 4.74 Å². The molecule has 3 nitrogen and oxygen atoms in total. The molecule has 2 aromatic carbocycles. The molecule has 1 N–H and O–H groups in total. The first-order valence-corrected chi connectivity index (χ1v) is 9.32. The van der Waals surface area contributed by atoms with E-state index in [1.54, 1.807) is 0 Å². The van der Waals surface area contributed by atoms with Crippen LogP contribution in [-0.4, -0.2) is 17.7 Å². The van der Waals surface area contributed by atoms with Crippen LogP contribution in [0.2, 0.25) is 5.02 Å². The summed E-state index contributed by atoms with van der Waals surface area (Å²) in [6.45, 7) is 2.82. The lowest BCUT2D eigenvalue weighted by Crippen LogP contribution is -2.06. The molecule has 2 aromatic rings. The van der Waals surface area contributed by atoms with Crippen molar-refractivity contribution in [3.05, 3.63) is 70.3 Å². The summed E-state index contributed by atoms with van der Waals surface area (Å²) < 4.78 is 6.02. The van der Waals surface area contributed by atoms with Crippen molar-refractivity contribution in [2.24, 2.45) is 5.92 Å². The van der Waals surface area contributed by atoms with E-state index in [1.807, 2.05) is 36.4 Å². The number of hydrogen-bond acceptors (Lipinski definition) is 2. The van der Waals surface area contributed by atoms with E-state index in [9.17, 15) is 4.79 Å². The first kappa shape index (κ1) is 18.5. The Labute approximate surface area is 159 Å². The van der Waals surface area contributed by atoms with Crippen molar-refractivity contribution in [1.82, 2.24) is 0 Å². The van der Waals surface area contributed by atoms with Crippen LogP contribution in [0.3, 0.4) is 0 Å². The molecule has 0 saturated carbocycles. The van der Waals surface area contributed by atoms with Gasteiger partial charge in [0.05, 0.1) is 0 Å². The summed E-state index contributed by atoms with van der Waals surface area (Å²) >= 11 is 6.00. The van der Waals surface area contributed by atoms with E-state index in [1.165, 1.54) is 16.7 Å². The molecule has 4 heteroatoms. The number of benzene rings is 2. The minimum atomic E-state index is -0.776. The number of carboxylic acid groups (broad SMARTS) is 1. The van der Waals surface area contributed by atoms with Crippen LogP contribution in [0.25, 0.3) is 5.57 Å². The highest BCUT2D eigenvalue weighted by Crippen LogP contribution is 2.38. The fraction of sp³-hybridized carbons (Fsp3) is 0.318. The van der Waals surface area contributed by atoms with Gasteiger partial charge in [-0.1, -0.05) is 42.8 Å². The zero-order chi connectivity index (χ0) is 18.5. The maximum Gasteiger partial charge on any atom is 0.303 e. The number of hydrogen-bond donors (Lipinski definition) is 1. The van der Waals surface area contributed by atoms with Gasteiger partial charge in [0.2, 0.25) is 0 Å². The van der Waals surface area contributed by atoms with E-state index in [4.69, 9.17) is 21.4 Å². The number of aryl methyl sites for hydroxylation is 1. The first-order valence-electron chi connectivity index (χ1n) is 8.94. The molecule has 0 aromatic heterocycles. The van der Waals surface area contributed by atoms with E-state index in [2.05, 4.69) is 19.1 Å². The lowest BCUT2D eigenvalue weighted by Gasteiger charge is -2.14. The lowest BCUT2D eigenvalue weighted by atomic mass is 10.00. The molecule has 1 unspecified atom stereocenters. The summed E-state index contributed by atoms with van der Waals surface area (Å²) in [6, 6.07) is 15.7. The molecule has 1 atom stereocenters. The summed E-state index contributed by atoms with van der Waals surface area (Å²) in [5.41, 5.74) is 4.95. The van der Waals surface area contributed by atoms with Crippen LogP contribution >= 0.6 is 11.6 Å². The van der Waals surface area contributed by atoms with Gasteiger partial charge in [-0.3, -0.25) is 4.79 Å². The van der Waals surface area contributed by atoms with Crippen molar-refractivity contribution in [3.63, 3.8) is 0 Å². The number of halogens is 1. The highest BCUT2D eigenvalue weighted by Gasteiger charge is 2.23. The zero-order valence-electron chi connectivity index (χ0n) is 14.9. The third-order valence-electron chi connectivity index (χ3n) is 4.95. The van der Waals surface area contributed by atoms with Gasteiger partial charge in [0.15, 0.2) is 0 Å². The normalized spacial score (nSPS) is 16.8. The third kappa shape index (κ3) is 4.67. The fourth-order valence-corrected chi connectivity index (χ4v) is 3.49. The van der Waals surface area contributed by atoms with Gasteiger partial charge in [-0.2, -0.15) is 0 Å². The molecule has 0 radical (unpaired) electrons. The monoisotopic (exact) mass is 370 g/mol. The Morgan fingerprint density at radius 3 is 2.50 bits per heavy atom. The van der Waals surface area contributed by atoms with Crippen molar-refractivity contribution in [2.75, 3.05) is 6.61 Å². The highest BCUT2D eigenvalue weighted by atomic mass is 35.5. The van der Waals surface area contributed by atoms with Crippen LogP contribution in [0.15, 0.2) is 54.1 Å².